The topological polar surface area (TPSA) is 34.8 Å². The maximum absolute atomic E-state index is 5.44. The van der Waals surface area contributed by atoms with Crippen LogP contribution in [0.4, 0.5) is 0 Å². The van der Waals surface area contributed by atoms with Crippen LogP contribution in [0.3, 0.4) is 0 Å². The summed E-state index contributed by atoms with van der Waals surface area (Å²) in [6, 6.07) is 4.79. The fraction of sp³-hybridized carbons (Fsp3) is 0.552. The van der Waals surface area contributed by atoms with Gasteiger partial charge in [-0.2, -0.15) is 4.40 Å². The summed E-state index contributed by atoms with van der Waals surface area (Å²) in [7, 11) is 0. The van der Waals surface area contributed by atoms with Crippen LogP contribution in [-0.2, 0) is 16.4 Å². The Labute approximate surface area is 196 Å². The minimum absolute atomic E-state index is 0.000198. The van der Waals surface area contributed by atoms with E-state index in [2.05, 4.69) is 82.7 Å². The monoisotopic (exact) mass is 439 g/mol. The normalized spacial score (nSPS) is 23.0. The second kappa shape index (κ2) is 5.59. The van der Waals surface area contributed by atoms with Gasteiger partial charge in [-0.25, -0.2) is 4.57 Å². The third-order valence-corrected chi connectivity index (χ3v) is 8.70. The molecule has 0 amide bonds. The van der Waals surface area contributed by atoms with Gasteiger partial charge >= 0.3 is 0 Å². The molecule has 4 nitrogen and oxygen atoms in total. The molecule has 2 aliphatic carbocycles. The molecule has 3 aromatic heterocycles. The number of nitrogens with zero attached hydrogens (tertiary/aromatic N) is 4. The van der Waals surface area contributed by atoms with Crippen LogP contribution in [0.25, 0.3) is 27.6 Å². The minimum atomic E-state index is -0.119. The lowest BCUT2D eigenvalue weighted by Crippen LogP contribution is -2.36. The maximum Gasteiger partial charge on any atom is 0.249 e. The van der Waals surface area contributed by atoms with Crippen LogP contribution in [-0.4, -0.2) is 14.5 Å². The van der Waals surface area contributed by atoms with E-state index in [1.165, 1.54) is 46.8 Å². The molecule has 1 fully saturated rings. The highest BCUT2D eigenvalue weighted by atomic mass is 15.2. The molecule has 4 heterocycles. The summed E-state index contributed by atoms with van der Waals surface area (Å²) in [5.41, 5.74) is 10.7. The Hall–Kier alpha value is -2.49. The molecule has 0 saturated heterocycles. The van der Waals surface area contributed by atoms with Crippen molar-refractivity contribution in [2.45, 2.75) is 103 Å². The summed E-state index contributed by atoms with van der Waals surface area (Å²) in [4.78, 5) is 10.4. The van der Waals surface area contributed by atoms with Crippen LogP contribution in [0.5, 0.6) is 0 Å². The zero-order chi connectivity index (χ0) is 23.2. The van der Waals surface area contributed by atoms with E-state index in [1.807, 2.05) is 0 Å². The Balaban J connectivity index is 1.74. The van der Waals surface area contributed by atoms with E-state index < -0.39 is 0 Å². The fourth-order valence-corrected chi connectivity index (χ4v) is 7.27. The van der Waals surface area contributed by atoms with E-state index in [-0.39, 0.29) is 16.4 Å². The van der Waals surface area contributed by atoms with Crippen molar-refractivity contribution in [2.24, 2.45) is 0 Å². The van der Waals surface area contributed by atoms with Gasteiger partial charge in [-0.1, -0.05) is 41.5 Å². The molecule has 0 N–H and O–H groups in total. The number of imidazole rings is 1. The van der Waals surface area contributed by atoms with Gasteiger partial charge in [-0.05, 0) is 62.1 Å². The average Bonchev–Trinajstić information content (AvgIpc) is 3.45. The van der Waals surface area contributed by atoms with Crippen molar-refractivity contribution in [3.05, 3.63) is 46.5 Å². The first-order chi connectivity index (χ1) is 15.4. The van der Waals surface area contributed by atoms with E-state index >= 15 is 0 Å². The summed E-state index contributed by atoms with van der Waals surface area (Å²) < 4.78 is 5.06. The number of aromatic nitrogens is 4. The third-order valence-electron chi connectivity index (χ3n) is 8.70. The second-order valence-electron chi connectivity index (χ2n) is 13.4. The number of pyridine rings is 1. The lowest BCUT2D eigenvalue weighted by molar-refractivity contribution is -0.500. The molecule has 1 aliphatic heterocycles. The van der Waals surface area contributed by atoms with E-state index in [0.717, 1.165) is 23.4 Å². The summed E-state index contributed by atoms with van der Waals surface area (Å²) in [5, 5.41) is 1.38. The molecule has 2 atom stereocenters. The molecule has 0 spiro atoms. The standard InChI is InChI=1S/C29H35N4/c1-27(2,3)21-13-19-20(14-30-21)33-25-23-18(31-26(32(19)25)28(4,5)6)12-17-15-9-10-16(11-15)22(17)24(23)29(33,7)8/h12-16H,9-11H2,1-8H3/q+1. The molecule has 1 aromatic carbocycles. The summed E-state index contributed by atoms with van der Waals surface area (Å²) in [6.45, 7) is 18.5. The van der Waals surface area contributed by atoms with E-state index in [1.54, 1.807) is 16.7 Å². The second-order valence-corrected chi connectivity index (χ2v) is 13.4. The number of benzene rings is 1. The Kier molecular flexibility index (Phi) is 3.38. The van der Waals surface area contributed by atoms with E-state index in [0.29, 0.717) is 0 Å². The van der Waals surface area contributed by atoms with Crippen molar-refractivity contribution < 1.29 is 4.40 Å². The quantitative estimate of drug-likeness (QED) is 0.298. The summed E-state index contributed by atoms with van der Waals surface area (Å²) in [5.74, 6) is 2.61. The highest BCUT2D eigenvalue weighted by Crippen LogP contribution is 2.59. The largest absolute Gasteiger partial charge is 0.257 e. The van der Waals surface area contributed by atoms with Crippen molar-refractivity contribution in [1.82, 2.24) is 14.5 Å². The Morgan fingerprint density at radius 2 is 1.73 bits per heavy atom. The summed E-state index contributed by atoms with van der Waals surface area (Å²) >= 11 is 0. The molecule has 2 unspecified atom stereocenters. The van der Waals surface area contributed by atoms with Gasteiger partial charge in [-0.3, -0.25) is 4.98 Å². The smallest absolute Gasteiger partial charge is 0.249 e. The Morgan fingerprint density at radius 1 is 1.00 bits per heavy atom. The van der Waals surface area contributed by atoms with Crippen molar-refractivity contribution in [2.75, 3.05) is 0 Å². The zero-order valence-electron chi connectivity index (χ0n) is 21.3. The van der Waals surface area contributed by atoms with Gasteiger partial charge in [0.2, 0.25) is 11.5 Å². The lowest BCUT2D eigenvalue weighted by atomic mass is 9.80. The van der Waals surface area contributed by atoms with Gasteiger partial charge in [0.25, 0.3) is 0 Å². The Morgan fingerprint density at radius 3 is 2.42 bits per heavy atom. The molecule has 1 saturated carbocycles. The molecule has 2 bridgehead atoms. The molecule has 7 rings (SSSR count). The molecular formula is C29H35N4+. The van der Waals surface area contributed by atoms with Gasteiger partial charge in [0.05, 0.1) is 17.0 Å². The predicted octanol–water partition coefficient (Wildman–Crippen LogP) is 6.38. The van der Waals surface area contributed by atoms with Gasteiger partial charge in [0.15, 0.2) is 11.0 Å². The van der Waals surface area contributed by atoms with E-state index in [4.69, 9.17) is 9.97 Å². The van der Waals surface area contributed by atoms with Gasteiger partial charge in [0.1, 0.15) is 11.1 Å². The first-order valence-corrected chi connectivity index (χ1v) is 12.7. The van der Waals surface area contributed by atoms with Crippen LogP contribution in [0.2, 0.25) is 0 Å². The molecule has 0 radical (unpaired) electrons. The number of fused-ring (bicyclic) bond motifs is 9. The Bertz CT molecular complexity index is 1540. The highest BCUT2D eigenvalue weighted by molar-refractivity contribution is 6.01. The number of rotatable bonds is 0. The SMILES string of the molecule is CC(C)(C)c1cc2c(cn1)n1c3c4c(c5c(cc4nc(C(C)(C)C)[n+]23)C2CCC5C2)C1(C)C. The van der Waals surface area contributed by atoms with Crippen molar-refractivity contribution >= 4 is 27.6 Å². The number of hydrogen-bond acceptors (Lipinski definition) is 2. The molecule has 33 heavy (non-hydrogen) atoms. The van der Waals surface area contributed by atoms with Crippen molar-refractivity contribution in [3.63, 3.8) is 0 Å². The molecular weight excluding hydrogens is 404 g/mol. The first-order valence-electron chi connectivity index (χ1n) is 12.7. The molecule has 170 valence electrons. The van der Waals surface area contributed by atoms with Crippen LogP contribution >= 0.6 is 0 Å². The van der Waals surface area contributed by atoms with Crippen LogP contribution in [0.1, 0.15) is 115 Å². The van der Waals surface area contributed by atoms with Gasteiger partial charge in [0, 0.05) is 22.7 Å². The van der Waals surface area contributed by atoms with Crippen LogP contribution in [0, 0.1) is 0 Å². The minimum Gasteiger partial charge on any atom is -0.257 e. The van der Waals surface area contributed by atoms with E-state index in [9.17, 15) is 0 Å². The predicted molar refractivity (Wildman–Crippen MR) is 133 cm³/mol. The third kappa shape index (κ3) is 2.26. The fourth-order valence-electron chi connectivity index (χ4n) is 7.27. The highest BCUT2D eigenvalue weighted by Gasteiger charge is 2.50. The summed E-state index contributed by atoms with van der Waals surface area (Å²) in [6.07, 6.45) is 6.16. The first kappa shape index (κ1) is 19.9. The lowest BCUT2D eigenvalue weighted by Gasteiger charge is -2.27. The average molecular weight is 440 g/mol. The number of hydrogen-bond donors (Lipinski definition) is 0. The van der Waals surface area contributed by atoms with Crippen molar-refractivity contribution in [3.8, 4) is 0 Å². The van der Waals surface area contributed by atoms with Crippen LogP contribution < -0.4 is 4.40 Å². The zero-order valence-corrected chi connectivity index (χ0v) is 21.3. The van der Waals surface area contributed by atoms with Gasteiger partial charge < -0.3 is 0 Å². The maximum atomic E-state index is 5.44. The molecule has 4 aromatic rings. The van der Waals surface area contributed by atoms with Crippen molar-refractivity contribution in [1.29, 1.82) is 0 Å². The van der Waals surface area contributed by atoms with Gasteiger partial charge in [-0.15, -0.1) is 4.98 Å². The molecule has 4 heteroatoms. The van der Waals surface area contributed by atoms with Crippen LogP contribution in [0.15, 0.2) is 18.3 Å². The molecule has 3 aliphatic rings.